The maximum absolute atomic E-state index is 8.42. The maximum Gasteiger partial charge on any atom is 0.204 e. The van der Waals surface area contributed by atoms with E-state index < -0.39 is 0 Å². The van der Waals surface area contributed by atoms with Crippen molar-refractivity contribution in [2.45, 2.75) is 6.42 Å². The molecule has 0 spiro atoms. The van der Waals surface area contributed by atoms with Gasteiger partial charge in [0.25, 0.3) is 0 Å². The zero-order valence-electron chi connectivity index (χ0n) is 9.00. The van der Waals surface area contributed by atoms with Crippen molar-refractivity contribution in [1.82, 2.24) is 10.6 Å². The standard InChI is InChI=1S/C11H13ClN4/c1-14-11(16-8-13)15-7-6-9-2-4-10(12)5-3-9/h2-5H,6-7H2,1H3,(H2,14,15,16). The first kappa shape index (κ1) is 12.3. The number of hydrogen-bond donors (Lipinski definition) is 2. The summed E-state index contributed by atoms with van der Waals surface area (Å²) in [5, 5.41) is 14.6. The molecule has 0 saturated carbocycles. The van der Waals surface area contributed by atoms with Crippen LogP contribution in [0.1, 0.15) is 5.56 Å². The summed E-state index contributed by atoms with van der Waals surface area (Å²) in [5.74, 6) is 0.483. The van der Waals surface area contributed by atoms with Gasteiger partial charge in [-0.25, -0.2) is 0 Å². The number of benzene rings is 1. The molecule has 2 N–H and O–H groups in total. The summed E-state index contributed by atoms with van der Waals surface area (Å²) in [6.07, 6.45) is 2.66. The van der Waals surface area contributed by atoms with Crippen molar-refractivity contribution in [2.24, 2.45) is 4.99 Å². The molecular weight excluding hydrogens is 224 g/mol. The highest BCUT2D eigenvalue weighted by Crippen LogP contribution is 2.09. The van der Waals surface area contributed by atoms with Crippen LogP contribution in [0.15, 0.2) is 29.3 Å². The Bertz CT molecular complexity index is 391. The van der Waals surface area contributed by atoms with Crippen molar-refractivity contribution in [3.63, 3.8) is 0 Å². The first-order chi connectivity index (χ1) is 7.76. The summed E-state index contributed by atoms with van der Waals surface area (Å²) in [4.78, 5) is 3.87. The summed E-state index contributed by atoms with van der Waals surface area (Å²) in [6, 6.07) is 7.67. The Morgan fingerprint density at radius 2 is 2.12 bits per heavy atom. The predicted octanol–water partition coefficient (Wildman–Crippen LogP) is 1.53. The van der Waals surface area contributed by atoms with Gasteiger partial charge < -0.3 is 5.32 Å². The fourth-order valence-corrected chi connectivity index (χ4v) is 1.33. The van der Waals surface area contributed by atoms with Crippen LogP contribution in [0.3, 0.4) is 0 Å². The number of rotatable bonds is 3. The zero-order valence-corrected chi connectivity index (χ0v) is 9.75. The van der Waals surface area contributed by atoms with Crippen LogP contribution >= 0.6 is 11.6 Å². The molecule has 16 heavy (non-hydrogen) atoms. The van der Waals surface area contributed by atoms with E-state index in [0.29, 0.717) is 12.5 Å². The average Bonchev–Trinajstić information content (AvgIpc) is 2.30. The number of nitrogens with one attached hydrogen (secondary N) is 2. The van der Waals surface area contributed by atoms with Crippen molar-refractivity contribution in [3.8, 4) is 6.19 Å². The van der Waals surface area contributed by atoms with Gasteiger partial charge in [-0.15, -0.1) is 0 Å². The van der Waals surface area contributed by atoms with Gasteiger partial charge >= 0.3 is 0 Å². The van der Waals surface area contributed by atoms with Crippen molar-refractivity contribution < 1.29 is 0 Å². The normalized spacial score (nSPS) is 10.7. The van der Waals surface area contributed by atoms with E-state index in [2.05, 4.69) is 15.6 Å². The Hall–Kier alpha value is -1.73. The molecule has 0 atom stereocenters. The number of hydrogen-bond acceptors (Lipinski definition) is 2. The Labute approximate surface area is 99.9 Å². The van der Waals surface area contributed by atoms with Crippen LogP contribution in [0, 0.1) is 11.5 Å². The lowest BCUT2D eigenvalue weighted by Crippen LogP contribution is -2.35. The summed E-state index contributed by atoms with van der Waals surface area (Å²) < 4.78 is 0. The molecule has 1 aromatic rings. The van der Waals surface area contributed by atoms with E-state index in [1.54, 1.807) is 7.05 Å². The third-order valence-electron chi connectivity index (χ3n) is 2.02. The lowest BCUT2D eigenvalue weighted by Gasteiger charge is -2.06. The van der Waals surface area contributed by atoms with Gasteiger partial charge in [-0.1, -0.05) is 23.7 Å². The minimum atomic E-state index is 0.483. The molecule has 0 aliphatic carbocycles. The molecule has 0 fully saturated rings. The highest BCUT2D eigenvalue weighted by molar-refractivity contribution is 6.30. The summed E-state index contributed by atoms with van der Waals surface area (Å²) in [5.41, 5.74) is 1.18. The second-order valence-corrected chi connectivity index (χ2v) is 3.55. The van der Waals surface area contributed by atoms with E-state index in [0.717, 1.165) is 11.4 Å². The molecule has 0 unspecified atom stereocenters. The Balaban J connectivity index is 2.36. The molecule has 0 bridgehead atoms. The smallest absolute Gasteiger partial charge is 0.204 e. The molecule has 0 aliphatic rings. The van der Waals surface area contributed by atoms with Gasteiger partial charge in [0, 0.05) is 18.6 Å². The minimum Gasteiger partial charge on any atom is -0.355 e. The maximum atomic E-state index is 8.42. The molecule has 0 aliphatic heterocycles. The Kier molecular flexibility index (Phi) is 5.17. The van der Waals surface area contributed by atoms with Gasteiger partial charge in [0.1, 0.15) is 0 Å². The van der Waals surface area contributed by atoms with E-state index in [-0.39, 0.29) is 0 Å². The molecule has 4 nitrogen and oxygen atoms in total. The highest BCUT2D eigenvalue weighted by atomic mass is 35.5. The topological polar surface area (TPSA) is 60.2 Å². The van der Waals surface area contributed by atoms with Crippen LogP contribution in [0.2, 0.25) is 5.02 Å². The molecule has 0 aromatic heterocycles. The van der Waals surface area contributed by atoms with Crippen LogP contribution in [-0.4, -0.2) is 19.6 Å². The molecule has 0 radical (unpaired) electrons. The molecule has 1 rings (SSSR count). The third-order valence-corrected chi connectivity index (χ3v) is 2.27. The van der Waals surface area contributed by atoms with E-state index in [1.807, 2.05) is 30.5 Å². The predicted molar refractivity (Wildman–Crippen MR) is 65.3 cm³/mol. The lowest BCUT2D eigenvalue weighted by molar-refractivity contribution is 0.843. The van der Waals surface area contributed by atoms with Crippen molar-refractivity contribution in [2.75, 3.05) is 13.6 Å². The third kappa shape index (κ3) is 4.20. The van der Waals surface area contributed by atoms with Crippen LogP contribution in [0.25, 0.3) is 0 Å². The number of guanidine groups is 1. The van der Waals surface area contributed by atoms with Crippen LogP contribution < -0.4 is 10.6 Å². The number of halogens is 1. The van der Waals surface area contributed by atoms with Gasteiger partial charge in [0.05, 0.1) is 0 Å². The monoisotopic (exact) mass is 236 g/mol. The van der Waals surface area contributed by atoms with Crippen LogP contribution in [0.4, 0.5) is 0 Å². The lowest BCUT2D eigenvalue weighted by atomic mass is 10.1. The fourth-order valence-electron chi connectivity index (χ4n) is 1.21. The molecule has 84 valence electrons. The van der Waals surface area contributed by atoms with Gasteiger partial charge in [0.15, 0.2) is 6.19 Å². The molecule has 0 heterocycles. The quantitative estimate of drug-likeness (QED) is 0.362. The summed E-state index contributed by atoms with van der Waals surface area (Å²) in [6.45, 7) is 0.711. The van der Waals surface area contributed by atoms with Gasteiger partial charge in [-0.3, -0.25) is 10.3 Å². The molecule has 0 saturated heterocycles. The van der Waals surface area contributed by atoms with Crippen molar-refractivity contribution in [3.05, 3.63) is 34.9 Å². The molecular formula is C11H13ClN4. The van der Waals surface area contributed by atoms with Crippen LogP contribution in [0.5, 0.6) is 0 Å². The van der Waals surface area contributed by atoms with E-state index in [9.17, 15) is 0 Å². The van der Waals surface area contributed by atoms with Crippen molar-refractivity contribution in [1.29, 1.82) is 5.26 Å². The molecule has 1 aromatic carbocycles. The number of nitrogens with zero attached hydrogens (tertiary/aromatic N) is 2. The minimum absolute atomic E-state index is 0.483. The first-order valence-electron chi connectivity index (χ1n) is 4.86. The second kappa shape index (κ2) is 6.70. The van der Waals surface area contributed by atoms with Gasteiger partial charge in [-0.2, -0.15) is 5.26 Å². The van der Waals surface area contributed by atoms with E-state index in [4.69, 9.17) is 16.9 Å². The number of aliphatic imine (C=N–C) groups is 1. The Morgan fingerprint density at radius 3 is 2.69 bits per heavy atom. The van der Waals surface area contributed by atoms with Gasteiger partial charge in [-0.05, 0) is 24.1 Å². The van der Waals surface area contributed by atoms with Crippen molar-refractivity contribution >= 4 is 17.6 Å². The molecule has 5 heteroatoms. The summed E-state index contributed by atoms with van der Waals surface area (Å²) in [7, 11) is 1.62. The number of nitriles is 1. The second-order valence-electron chi connectivity index (χ2n) is 3.11. The van der Waals surface area contributed by atoms with Crippen LogP contribution in [-0.2, 0) is 6.42 Å². The largest absolute Gasteiger partial charge is 0.355 e. The van der Waals surface area contributed by atoms with E-state index in [1.165, 1.54) is 5.56 Å². The Morgan fingerprint density at radius 1 is 1.44 bits per heavy atom. The summed E-state index contributed by atoms with van der Waals surface area (Å²) >= 11 is 5.78. The fraction of sp³-hybridized carbons (Fsp3) is 0.273. The van der Waals surface area contributed by atoms with Gasteiger partial charge in [0.2, 0.25) is 5.96 Å². The zero-order chi connectivity index (χ0) is 11.8. The highest BCUT2D eigenvalue weighted by Gasteiger charge is 1.96. The average molecular weight is 237 g/mol. The van der Waals surface area contributed by atoms with E-state index >= 15 is 0 Å². The SMILES string of the molecule is CN=C(NC#N)NCCc1ccc(Cl)cc1. The first-order valence-corrected chi connectivity index (χ1v) is 5.24. The molecule has 0 amide bonds.